The predicted octanol–water partition coefficient (Wildman–Crippen LogP) is -18.2. The van der Waals surface area contributed by atoms with Crippen molar-refractivity contribution in [3.63, 3.8) is 0 Å². The molecule has 2 amide bonds. The smallest absolute Gasteiger partial charge is 0.217 e. The molecule has 40 atom stereocenters. The molecule has 8 aliphatic rings. The molecule has 0 spiro atoms. The Bertz CT molecular complexity index is 2380. The van der Waals surface area contributed by atoms with Gasteiger partial charge in [-0.25, -0.2) is 0 Å². The third-order valence-electron chi connectivity index (χ3n) is 17.4. The van der Waals surface area contributed by atoms with Gasteiger partial charge in [0.15, 0.2) is 50.3 Å². The summed E-state index contributed by atoms with van der Waals surface area (Å²) in [6, 6.07) is -3.45. The largest absolute Gasteiger partial charge is 0.394 e. The molecular formula is C52H88N2O41. The lowest BCUT2D eigenvalue weighted by Crippen LogP contribution is -2.70. The zero-order valence-electron chi connectivity index (χ0n) is 50.4. The minimum atomic E-state index is -2.45. The number of hydrogen-bond donors (Lipinski definition) is 26. The summed E-state index contributed by atoms with van der Waals surface area (Å²) in [6.45, 7) is -5.79. The zero-order valence-corrected chi connectivity index (χ0v) is 50.4. The summed E-state index contributed by atoms with van der Waals surface area (Å²) >= 11 is 0. The normalized spacial score (nSPS) is 50.8. The average Bonchev–Trinajstić information content (AvgIpc) is 0.775. The van der Waals surface area contributed by atoms with E-state index in [-0.39, 0.29) is 0 Å². The van der Waals surface area contributed by atoms with Crippen LogP contribution in [0.3, 0.4) is 0 Å². The summed E-state index contributed by atoms with van der Waals surface area (Å²) < 4.78 is 85.8. The van der Waals surface area contributed by atoms with Crippen molar-refractivity contribution < 1.29 is 203 Å². The summed E-state index contributed by atoms with van der Waals surface area (Å²) in [4.78, 5) is 24.8. The number of amides is 2. The van der Waals surface area contributed by atoms with Crippen LogP contribution in [0.25, 0.3) is 0 Å². The second kappa shape index (κ2) is 33.9. The SMILES string of the molecule is CC(=O)N[C@H]1[C@H](O[C@H]2[C@H](O)[C@@H](NC(C)=O)C(O)O[C@@H]2CO)O[C@H](CO)[C@@H](O[C@@H]2O[C@H](CO[C@H]3O[C@H](CO[C@H]4O[C@H](CO[C@H]5O[C@H](CO)[C@@H](O)[C@H](O)[C@@H]5O)[C@@H](O)[C@H](O)[C@@H]4O)[C@@H](O)[C@H](O)[C@@H]3O)[C@@H](O)[C@H](O[C@H]3O[C@H](CO)[C@@H](O)[C@H](O)[C@@H]3O[C@H]3O[C@H](CO)[C@@H](O)[C@H](O)[C@@H]3O)[C@@H]2O)[C@@H]1O. The van der Waals surface area contributed by atoms with E-state index in [0.717, 1.165) is 13.8 Å². The van der Waals surface area contributed by atoms with Crippen LogP contribution in [-0.2, 0) is 80.6 Å². The van der Waals surface area contributed by atoms with Crippen LogP contribution in [0.1, 0.15) is 13.8 Å². The van der Waals surface area contributed by atoms with Gasteiger partial charge in [-0.3, -0.25) is 9.59 Å². The van der Waals surface area contributed by atoms with Gasteiger partial charge < -0.3 is 204 Å². The number of carbonyl (C=O) groups excluding carboxylic acids is 2. The second-order valence-electron chi connectivity index (χ2n) is 24.0. The molecule has 0 aromatic carbocycles. The molecule has 8 fully saturated rings. The molecule has 8 heterocycles. The van der Waals surface area contributed by atoms with E-state index in [9.17, 15) is 132 Å². The molecule has 552 valence electrons. The first-order valence-electron chi connectivity index (χ1n) is 30.1. The quantitative estimate of drug-likeness (QED) is 0.0427. The number of hydrogen-bond acceptors (Lipinski definition) is 41. The van der Waals surface area contributed by atoms with Crippen molar-refractivity contribution >= 4 is 11.8 Å². The van der Waals surface area contributed by atoms with Gasteiger partial charge in [0.25, 0.3) is 0 Å². The van der Waals surface area contributed by atoms with Crippen molar-refractivity contribution in [3.05, 3.63) is 0 Å². The summed E-state index contributed by atoms with van der Waals surface area (Å²) in [7, 11) is 0. The van der Waals surface area contributed by atoms with E-state index < -0.39 is 310 Å². The molecule has 26 N–H and O–H groups in total. The summed E-state index contributed by atoms with van der Waals surface area (Å²) in [5, 5.41) is 264. The van der Waals surface area contributed by atoms with Crippen LogP contribution in [0.5, 0.6) is 0 Å². The number of nitrogens with one attached hydrogen (secondary N) is 2. The molecule has 0 saturated carbocycles. The second-order valence-corrected chi connectivity index (χ2v) is 24.0. The van der Waals surface area contributed by atoms with E-state index in [1.54, 1.807) is 0 Å². The van der Waals surface area contributed by atoms with Crippen LogP contribution in [0, 0.1) is 0 Å². The highest BCUT2D eigenvalue weighted by Gasteiger charge is 2.59. The molecule has 0 aromatic rings. The van der Waals surface area contributed by atoms with Gasteiger partial charge in [0.05, 0.1) is 52.9 Å². The number of aliphatic hydroxyl groups is 24. The first-order valence-corrected chi connectivity index (χ1v) is 30.1. The lowest BCUT2D eigenvalue weighted by atomic mass is 9.94. The van der Waals surface area contributed by atoms with E-state index in [4.69, 9.17) is 71.1 Å². The Kier molecular flexibility index (Phi) is 27.9. The van der Waals surface area contributed by atoms with Gasteiger partial charge >= 0.3 is 0 Å². The minimum absolute atomic E-state index is 0.758. The fourth-order valence-electron chi connectivity index (χ4n) is 12.0. The van der Waals surface area contributed by atoms with Crippen molar-refractivity contribution in [3.8, 4) is 0 Å². The van der Waals surface area contributed by atoms with E-state index >= 15 is 0 Å². The Balaban J connectivity index is 1.04. The van der Waals surface area contributed by atoms with Gasteiger partial charge in [0.2, 0.25) is 11.8 Å². The molecule has 0 aromatic heterocycles. The van der Waals surface area contributed by atoms with Gasteiger partial charge in [-0.05, 0) is 0 Å². The number of carbonyl (C=O) groups is 2. The molecule has 43 heteroatoms. The van der Waals surface area contributed by atoms with Crippen LogP contribution >= 0.6 is 0 Å². The molecule has 8 aliphatic heterocycles. The maximum Gasteiger partial charge on any atom is 0.217 e. The topological polar surface area (TPSA) is 682 Å². The molecule has 8 saturated heterocycles. The molecule has 95 heavy (non-hydrogen) atoms. The number of aliphatic hydroxyl groups excluding tert-OH is 24. The van der Waals surface area contributed by atoms with E-state index in [2.05, 4.69) is 10.6 Å². The number of ether oxygens (including phenoxy) is 15. The van der Waals surface area contributed by atoms with Crippen molar-refractivity contribution in [2.75, 3.05) is 52.9 Å². The fourth-order valence-corrected chi connectivity index (χ4v) is 12.0. The molecule has 0 bridgehead atoms. The van der Waals surface area contributed by atoms with E-state index in [0.29, 0.717) is 0 Å². The van der Waals surface area contributed by atoms with Crippen LogP contribution in [0.15, 0.2) is 0 Å². The highest BCUT2D eigenvalue weighted by atomic mass is 16.8. The van der Waals surface area contributed by atoms with Crippen molar-refractivity contribution in [1.82, 2.24) is 10.6 Å². The Morgan fingerprint density at radius 3 is 1.01 bits per heavy atom. The Morgan fingerprint density at radius 1 is 0.274 bits per heavy atom. The van der Waals surface area contributed by atoms with Crippen LogP contribution in [-0.4, -0.2) is 433 Å². The lowest BCUT2D eigenvalue weighted by Gasteiger charge is -2.50. The maximum absolute atomic E-state index is 12.8. The zero-order chi connectivity index (χ0) is 69.9. The average molecular weight is 1400 g/mol. The predicted molar refractivity (Wildman–Crippen MR) is 288 cm³/mol. The van der Waals surface area contributed by atoms with E-state index in [1.165, 1.54) is 0 Å². The van der Waals surface area contributed by atoms with Gasteiger partial charge in [0.1, 0.15) is 195 Å². The van der Waals surface area contributed by atoms with Gasteiger partial charge in [0, 0.05) is 13.8 Å². The van der Waals surface area contributed by atoms with Crippen molar-refractivity contribution in [2.24, 2.45) is 0 Å². The summed E-state index contributed by atoms with van der Waals surface area (Å²) in [5.74, 6) is -1.65. The summed E-state index contributed by atoms with van der Waals surface area (Å²) in [6.07, 6.45) is -76.0. The molecule has 8 rings (SSSR count). The number of rotatable bonds is 24. The van der Waals surface area contributed by atoms with Gasteiger partial charge in [-0.1, -0.05) is 0 Å². The van der Waals surface area contributed by atoms with Crippen LogP contribution in [0.4, 0.5) is 0 Å². The maximum atomic E-state index is 12.8. The highest BCUT2D eigenvalue weighted by Crippen LogP contribution is 2.38. The Morgan fingerprint density at radius 2 is 0.568 bits per heavy atom. The first kappa shape index (κ1) is 78.1. The lowest BCUT2D eigenvalue weighted by molar-refractivity contribution is -0.398. The third kappa shape index (κ3) is 17.1. The molecular weight excluding hydrogens is 1310 g/mol. The molecule has 0 aliphatic carbocycles. The van der Waals surface area contributed by atoms with Crippen molar-refractivity contribution in [1.29, 1.82) is 0 Å². The van der Waals surface area contributed by atoms with Crippen LogP contribution in [0.2, 0.25) is 0 Å². The van der Waals surface area contributed by atoms with E-state index in [1.807, 2.05) is 0 Å². The van der Waals surface area contributed by atoms with Crippen LogP contribution < -0.4 is 10.6 Å². The standard InChI is InChI=1S/C52H88N2O41/c1-11(60)53-21-29(68)41(16(6-58)84-45(21)80)92-46-22(54-12(2)61)30(69)42(17(7-59)88-46)93-51-40(79)43(94-52-44(35(74)25(64)15(5-57)87-52)95-50-39(78)32(71)24(63)14(4-56)86-50)28(67)20(91-51)10-83-49-38(77)34(73)27(66)19(90-49)9-82-48-37(76)33(72)26(65)18(89-48)8-81-47-36(75)31(70)23(62)13(3-55)85-47/h13-52,55-59,62-80H,3-10H2,1-2H3,(H,53,60)(H,54,61)/t13-,14-,15-,16-,17-,18-,19-,20-,21-,22-,23-,24-,25-,26-,27-,28-,29-,30-,31+,32+,33+,34+,35+,36+,37+,38+,39+,40+,41-,42-,43+,44+,45?,46+,47+,48+,49+,50-,51+,52-/m1/s1. The molecule has 43 nitrogen and oxygen atoms in total. The Hall–Kier alpha value is -2.62. The Labute approximate surface area is 536 Å². The van der Waals surface area contributed by atoms with Crippen molar-refractivity contribution in [2.45, 2.75) is 259 Å². The molecule has 0 radical (unpaired) electrons. The first-order chi connectivity index (χ1) is 44.9. The fraction of sp³-hybridized carbons (Fsp3) is 0.962. The molecule has 1 unspecified atom stereocenters. The van der Waals surface area contributed by atoms with Gasteiger partial charge in [-0.15, -0.1) is 0 Å². The highest BCUT2D eigenvalue weighted by molar-refractivity contribution is 5.73. The monoisotopic (exact) mass is 1400 g/mol. The summed E-state index contributed by atoms with van der Waals surface area (Å²) in [5.41, 5.74) is 0. The van der Waals surface area contributed by atoms with Gasteiger partial charge in [-0.2, -0.15) is 0 Å². The third-order valence-corrected chi connectivity index (χ3v) is 17.4. The minimum Gasteiger partial charge on any atom is -0.394 e.